The van der Waals surface area contributed by atoms with Crippen molar-refractivity contribution < 1.29 is 19.0 Å². The van der Waals surface area contributed by atoms with Crippen LogP contribution in [-0.4, -0.2) is 72.4 Å². The van der Waals surface area contributed by atoms with Gasteiger partial charge in [-0.05, 0) is 49.8 Å². The van der Waals surface area contributed by atoms with E-state index in [9.17, 15) is 14.3 Å². The third-order valence-corrected chi connectivity index (χ3v) is 6.83. The largest absolute Gasteiger partial charge is 0.392 e. The standard InChI is InChI=1S/C22H31FN2O3/c23-18-4-1-3-17(13-18)14-21(27)25-9-2-8-22(16-25)15-24(10-5-20(22)26)19-6-11-28-12-7-19/h1,3-4,13,19-20,26H,2,5-12,14-16H2/t20-,22-/m1/s1. The van der Waals surface area contributed by atoms with Crippen LogP contribution in [0.25, 0.3) is 0 Å². The van der Waals surface area contributed by atoms with Crippen molar-refractivity contribution in [1.29, 1.82) is 0 Å². The molecule has 2 atom stereocenters. The molecule has 0 bridgehead atoms. The van der Waals surface area contributed by atoms with E-state index in [0.717, 1.165) is 65.0 Å². The summed E-state index contributed by atoms with van der Waals surface area (Å²) in [6, 6.07) is 6.79. The van der Waals surface area contributed by atoms with Gasteiger partial charge in [-0.2, -0.15) is 0 Å². The van der Waals surface area contributed by atoms with Crippen LogP contribution in [0.3, 0.4) is 0 Å². The van der Waals surface area contributed by atoms with Crippen LogP contribution in [0.2, 0.25) is 0 Å². The Kier molecular flexibility index (Phi) is 5.99. The normalized spacial score (nSPS) is 29.9. The Morgan fingerprint density at radius 2 is 2.04 bits per heavy atom. The van der Waals surface area contributed by atoms with Crippen LogP contribution in [0.4, 0.5) is 4.39 Å². The summed E-state index contributed by atoms with van der Waals surface area (Å²) in [7, 11) is 0. The number of rotatable bonds is 3. The summed E-state index contributed by atoms with van der Waals surface area (Å²) in [5, 5.41) is 10.9. The van der Waals surface area contributed by atoms with Crippen LogP contribution < -0.4 is 0 Å². The van der Waals surface area contributed by atoms with Gasteiger partial charge in [0.25, 0.3) is 0 Å². The van der Waals surface area contributed by atoms with Crippen molar-refractivity contribution >= 4 is 5.91 Å². The molecule has 0 saturated carbocycles. The number of aliphatic hydroxyl groups is 1. The van der Waals surface area contributed by atoms with Crippen LogP contribution in [0.5, 0.6) is 0 Å². The number of aliphatic hydroxyl groups excluding tert-OH is 1. The summed E-state index contributed by atoms with van der Waals surface area (Å²) in [6.45, 7) is 4.72. The fraction of sp³-hybridized carbons (Fsp3) is 0.682. The zero-order valence-corrected chi connectivity index (χ0v) is 16.5. The number of nitrogens with zero attached hydrogens (tertiary/aromatic N) is 2. The molecule has 5 nitrogen and oxygen atoms in total. The van der Waals surface area contributed by atoms with E-state index in [1.165, 1.54) is 12.1 Å². The molecule has 3 aliphatic heterocycles. The minimum atomic E-state index is -0.367. The number of benzene rings is 1. The van der Waals surface area contributed by atoms with Crippen molar-refractivity contribution in [3.63, 3.8) is 0 Å². The average Bonchev–Trinajstić information content (AvgIpc) is 2.71. The molecule has 0 aliphatic carbocycles. The third-order valence-electron chi connectivity index (χ3n) is 6.83. The molecule has 1 aromatic carbocycles. The van der Waals surface area contributed by atoms with Crippen LogP contribution in [0.1, 0.15) is 37.7 Å². The molecule has 3 fully saturated rings. The number of carbonyl (C=O) groups excluding carboxylic acids is 1. The second-order valence-electron chi connectivity index (χ2n) is 8.71. The number of amides is 1. The SMILES string of the molecule is O=C(Cc1cccc(F)c1)N1CCC[C@]2(C1)CN(C1CCOCC1)CC[C@H]2O. The van der Waals surface area contributed by atoms with Crippen molar-refractivity contribution in [2.24, 2.45) is 5.41 Å². The first-order valence-electron chi connectivity index (χ1n) is 10.6. The highest BCUT2D eigenvalue weighted by Gasteiger charge is 2.47. The van der Waals surface area contributed by atoms with Crippen LogP contribution in [-0.2, 0) is 16.0 Å². The monoisotopic (exact) mass is 390 g/mol. The molecule has 6 heteroatoms. The van der Waals surface area contributed by atoms with Gasteiger partial charge in [-0.1, -0.05) is 12.1 Å². The molecule has 28 heavy (non-hydrogen) atoms. The van der Waals surface area contributed by atoms with Gasteiger partial charge in [0, 0.05) is 50.8 Å². The molecule has 0 aromatic heterocycles. The van der Waals surface area contributed by atoms with Crippen LogP contribution >= 0.6 is 0 Å². The molecule has 0 radical (unpaired) electrons. The lowest BCUT2D eigenvalue weighted by molar-refractivity contribution is -0.142. The lowest BCUT2D eigenvalue weighted by Gasteiger charge is -2.53. The molecule has 1 amide bonds. The molecule has 1 spiro atoms. The second-order valence-corrected chi connectivity index (χ2v) is 8.71. The first-order chi connectivity index (χ1) is 13.6. The molecule has 1 aromatic rings. The first kappa shape index (κ1) is 19.8. The highest BCUT2D eigenvalue weighted by atomic mass is 19.1. The predicted molar refractivity (Wildman–Crippen MR) is 104 cm³/mol. The quantitative estimate of drug-likeness (QED) is 0.860. The Morgan fingerprint density at radius 1 is 1.21 bits per heavy atom. The Bertz CT molecular complexity index is 694. The van der Waals surface area contributed by atoms with Crippen molar-refractivity contribution in [2.45, 2.75) is 50.7 Å². The van der Waals surface area contributed by atoms with E-state index in [1.807, 2.05) is 4.90 Å². The first-order valence-corrected chi connectivity index (χ1v) is 10.6. The van der Waals surface area contributed by atoms with Crippen molar-refractivity contribution in [3.8, 4) is 0 Å². The number of carbonyl (C=O) groups is 1. The smallest absolute Gasteiger partial charge is 0.227 e. The van der Waals surface area contributed by atoms with Crippen molar-refractivity contribution in [2.75, 3.05) is 39.4 Å². The van der Waals surface area contributed by atoms with Gasteiger partial charge >= 0.3 is 0 Å². The van der Waals surface area contributed by atoms with Gasteiger partial charge < -0.3 is 14.7 Å². The molecular weight excluding hydrogens is 359 g/mol. The van der Waals surface area contributed by atoms with Gasteiger partial charge in [-0.3, -0.25) is 9.69 Å². The number of piperidine rings is 2. The summed E-state index contributed by atoms with van der Waals surface area (Å²) in [5.41, 5.74) is 0.463. The summed E-state index contributed by atoms with van der Waals surface area (Å²) in [5.74, 6) is -0.282. The van der Waals surface area contributed by atoms with Crippen LogP contribution in [0, 0.1) is 11.2 Å². The van der Waals surface area contributed by atoms with E-state index >= 15 is 0 Å². The summed E-state index contributed by atoms with van der Waals surface area (Å²) in [4.78, 5) is 17.3. The fourth-order valence-corrected chi connectivity index (χ4v) is 5.25. The molecule has 3 heterocycles. The van der Waals surface area contributed by atoms with Gasteiger partial charge in [-0.25, -0.2) is 4.39 Å². The lowest BCUT2D eigenvalue weighted by Crippen LogP contribution is -2.61. The number of ether oxygens (including phenoxy) is 1. The Balaban J connectivity index is 1.43. The molecule has 4 rings (SSSR count). The molecule has 3 aliphatic rings. The van der Waals surface area contributed by atoms with E-state index in [1.54, 1.807) is 12.1 Å². The maximum absolute atomic E-state index is 13.4. The minimum absolute atomic E-state index is 0.0278. The summed E-state index contributed by atoms with van der Waals surface area (Å²) in [6.07, 6.45) is 4.58. The highest BCUT2D eigenvalue weighted by molar-refractivity contribution is 5.79. The van der Waals surface area contributed by atoms with Gasteiger partial charge in [0.2, 0.25) is 5.91 Å². The zero-order chi connectivity index (χ0) is 19.6. The predicted octanol–water partition coefficient (Wildman–Crippen LogP) is 2.22. The van der Waals surface area contributed by atoms with E-state index in [2.05, 4.69) is 4.90 Å². The third kappa shape index (κ3) is 4.24. The number of halogens is 1. The lowest BCUT2D eigenvalue weighted by atomic mass is 9.71. The molecule has 154 valence electrons. The molecule has 1 N–H and O–H groups in total. The Morgan fingerprint density at radius 3 is 2.82 bits per heavy atom. The molecule has 0 unspecified atom stereocenters. The molecular formula is C22H31FN2O3. The van der Waals surface area contributed by atoms with E-state index in [-0.39, 0.29) is 29.7 Å². The van der Waals surface area contributed by atoms with Crippen molar-refractivity contribution in [3.05, 3.63) is 35.6 Å². The summed E-state index contributed by atoms with van der Waals surface area (Å²) >= 11 is 0. The zero-order valence-electron chi connectivity index (χ0n) is 16.5. The van der Waals surface area contributed by atoms with Gasteiger partial charge in [0.05, 0.1) is 12.5 Å². The van der Waals surface area contributed by atoms with Gasteiger partial charge in [-0.15, -0.1) is 0 Å². The van der Waals surface area contributed by atoms with Crippen LogP contribution in [0.15, 0.2) is 24.3 Å². The van der Waals surface area contributed by atoms with E-state index in [0.29, 0.717) is 18.2 Å². The maximum atomic E-state index is 13.4. The average molecular weight is 390 g/mol. The fourth-order valence-electron chi connectivity index (χ4n) is 5.25. The van der Waals surface area contributed by atoms with Gasteiger partial charge in [0.1, 0.15) is 5.82 Å². The second kappa shape index (κ2) is 8.47. The van der Waals surface area contributed by atoms with Gasteiger partial charge in [0.15, 0.2) is 0 Å². The number of hydrogen-bond donors (Lipinski definition) is 1. The Hall–Kier alpha value is -1.50. The minimum Gasteiger partial charge on any atom is -0.392 e. The maximum Gasteiger partial charge on any atom is 0.227 e. The van der Waals surface area contributed by atoms with E-state index in [4.69, 9.17) is 4.74 Å². The topological polar surface area (TPSA) is 53.0 Å². The highest BCUT2D eigenvalue weighted by Crippen LogP contribution is 2.40. The van der Waals surface area contributed by atoms with Crippen molar-refractivity contribution in [1.82, 2.24) is 9.80 Å². The number of hydrogen-bond acceptors (Lipinski definition) is 4. The Labute approximate surface area is 166 Å². The summed E-state index contributed by atoms with van der Waals surface area (Å²) < 4.78 is 19.0. The number of likely N-dealkylation sites (tertiary alicyclic amines) is 2. The van der Waals surface area contributed by atoms with E-state index < -0.39 is 0 Å². The molecule has 3 saturated heterocycles.